The van der Waals surface area contributed by atoms with E-state index in [0.29, 0.717) is 44.8 Å². The number of rotatable bonds is 11. The van der Waals surface area contributed by atoms with Crippen LogP contribution in [0.2, 0.25) is 5.02 Å². The lowest BCUT2D eigenvalue weighted by Gasteiger charge is -2.31. The van der Waals surface area contributed by atoms with Gasteiger partial charge in [-0.25, -0.2) is 4.79 Å². The van der Waals surface area contributed by atoms with Crippen molar-refractivity contribution in [1.82, 2.24) is 9.80 Å². The Balaban J connectivity index is 1.51. The Hall–Kier alpha value is -3.07. The van der Waals surface area contributed by atoms with E-state index < -0.39 is 17.8 Å². The van der Waals surface area contributed by atoms with E-state index in [1.165, 1.54) is 11.0 Å². The van der Waals surface area contributed by atoms with Crippen LogP contribution in [0.3, 0.4) is 0 Å². The predicted molar refractivity (Wildman–Crippen MR) is 150 cm³/mol. The normalized spacial score (nSPS) is 16.1. The van der Waals surface area contributed by atoms with Crippen molar-refractivity contribution in [2.45, 2.75) is 44.0 Å². The minimum absolute atomic E-state index is 0.00429. The Morgan fingerprint density at radius 3 is 2.27 bits per heavy atom. The van der Waals surface area contributed by atoms with Crippen LogP contribution in [0, 0.1) is 0 Å². The summed E-state index contributed by atoms with van der Waals surface area (Å²) in [5.41, 5.74) is 1.81. The molecule has 1 amide bonds. The maximum atomic E-state index is 13.6. The monoisotopic (exact) mass is 574 g/mol. The van der Waals surface area contributed by atoms with Crippen LogP contribution in [0.15, 0.2) is 78.9 Å². The third-order valence-electron chi connectivity index (χ3n) is 7.24. The van der Waals surface area contributed by atoms with E-state index in [2.05, 4.69) is 29.2 Å². The zero-order valence-electron chi connectivity index (χ0n) is 22.2. The van der Waals surface area contributed by atoms with Crippen molar-refractivity contribution in [3.8, 4) is 0 Å². The summed E-state index contributed by atoms with van der Waals surface area (Å²) in [5.74, 6) is -0.00429. The fourth-order valence-electron chi connectivity index (χ4n) is 5.21. The Bertz CT molecular complexity index is 1190. The highest BCUT2D eigenvalue weighted by Gasteiger charge is 2.34. The smallest absolute Gasteiger partial charge is 0.417 e. The molecule has 4 rings (SSSR count). The number of ether oxygens (including phenoxy) is 1. The third kappa shape index (κ3) is 8.22. The second-order valence-electron chi connectivity index (χ2n) is 10.1. The van der Waals surface area contributed by atoms with E-state index >= 15 is 0 Å². The second-order valence-corrected chi connectivity index (χ2v) is 10.5. The molecule has 0 aromatic heterocycles. The third-order valence-corrected chi connectivity index (χ3v) is 7.69. The molecule has 5 nitrogen and oxygen atoms in total. The number of amides is 1. The topological polar surface area (TPSA) is 53.0 Å². The fourth-order valence-corrected chi connectivity index (χ4v) is 5.51. The van der Waals surface area contributed by atoms with Crippen LogP contribution in [-0.2, 0) is 17.5 Å². The van der Waals surface area contributed by atoms with Gasteiger partial charge < -0.3 is 14.7 Å². The molecule has 40 heavy (non-hydrogen) atoms. The fraction of sp³-hybridized carbons (Fsp3) is 0.387. The summed E-state index contributed by atoms with van der Waals surface area (Å²) in [6.45, 7) is 2.67. The Morgan fingerprint density at radius 2 is 1.68 bits per heavy atom. The van der Waals surface area contributed by atoms with Gasteiger partial charge in [-0.1, -0.05) is 84.4 Å². The predicted octanol–water partition coefficient (Wildman–Crippen LogP) is 7.54. The molecule has 1 unspecified atom stereocenters. The van der Waals surface area contributed by atoms with Crippen LogP contribution in [0.5, 0.6) is 0 Å². The molecule has 1 heterocycles. The van der Waals surface area contributed by atoms with Crippen LogP contribution in [-0.4, -0.2) is 59.9 Å². The summed E-state index contributed by atoms with van der Waals surface area (Å²) in [6, 6.07) is 24.1. The van der Waals surface area contributed by atoms with Gasteiger partial charge in [0.05, 0.1) is 23.2 Å². The molecule has 0 saturated carbocycles. The lowest BCUT2D eigenvalue weighted by atomic mass is 9.90. The standard InChI is InChI=1S/C31H34ClF3N2O3/c32-29-25(14-7-16-28(29)31(33,34)35)20-36(17-9-19-40-26-15-8-18-37(21-26)30(38)39)22-27(23-10-3-1-4-11-23)24-12-5-2-6-13-24/h1-7,10-14,16,26-27H,8-9,15,17-22H2,(H,38,39). The van der Waals surface area contributed by atoms with Crippen LogP contribution < -0.4 is 0 Å². The molecule has 1 aliphatic rings. The molecule has 1 aliphatic heterocycles. The summed E-state index contributed by atoms with van der Waals surface area (Å²) < 4.78 is 46.7. The van der Waals surface area contributed by atoms with Gasteiger partial charge in [0.2, 0.25) is 0 Å². The summed E-state index contributed by atoms with van der Waals surface area (Å²) >= 11 is 6.29. The quantitative estimate of drug-likeness (QED) is 0.240. The van der Waals surface area contributed by atoms with Gasteiger partial charge in [-0.15, -0.1) is 0 Å². The molecule has 0 bridgehead atoms. The summed E-state index contributed by atoms with van der Waals surface area (Å²) in [6.07, 6.45) is -3.43. The Morgan fingerprint density at radius 1 is 1.02 bits per heavy atom. The minimum Gasteiger partial charge on any atom is -0.465 e. The van der Waals surface area contributed by atoms with Gasteiger partial charge in [-0.2, -0.15) is 13.2 Å². The molecule has 214 valence electrons. The van der Waals surface area contributed by atoms with Gasteiger partial charge in [0.1, 0.15) is 0 Å². The molecule has 0 spiro atoms. The molecule has 1 N–H and O–H groups in total. The first kappa shape index (κ1) is 29.9. The number of benzene rings is 3. The van der Waals surface area contributed by atoms with Crippen molar-refractivity contribution in [1.29, 1.82) is 0 Å². The van der Waals surface area contributed by atoms with Crippen molar-refractivity contribution >= 4 is 17.7 Å². The molecule has 1 atom stereocenters. The SMILES string of the molecule is O=C(O)N1CCCC(OCCCN(Cc2cccc(C(F)(F)F)c2Cl)CC(c2ccccc2)c2ccccc2)C1. The molecule has 9 heteroatoms. The molecule has 3 aromatic carbocycles. The highest BCUT2D eigenvalue weighted by Crippen LogP contribution is 2.37. The van der Waals surface area contributed by atoms with Crippen molar-refractivity contribution in [2.24, 2.45) is 0 Å². The van der Waals surface area contributed by atoms with Gasteiger partial charge in [-0.05, 0) is 42.0 Å². The van der Waals surface area contributed by atoms with E-state index in [9.17, 15) is 23.1 Å². The number of hydrogen-bond acceptors (Lipinski definition) is 3. The highest BCUT2D eigenvalue weighted by atomic mass is 35.5. The van der Waals surface area contributed by atoms with Crippen LogP contribution in [0.25, 0.3) is 0 Å². The second kappa shape index (κ2) is 14.0. The van der Waals surface area contributed by atoms with E-state index in [0.717, 1.165) is 30.0 Å². The van der Waals surface area contributed by atoms with Crippen molar-refractivity contribution in [2.75, 3.05) is 32.8 Å². The number of halogens is 4. The number of likely N-dealkylation sites (tertiary alicyclic amines) is 1. The van der Waals surface area contributed by atoms with Crippen LogP contribution >= 0.6 is 11.6 Å². The first-order chi connectivity index (χ1) is 19.2. The van der Waals surface area contributed by atoms with E-state index in [1.807, 2.05) is 36.4 Å². The number of alkyl halides is 3. The largest absolute Gasteiger partial charge is 0.465 e. The number of carboxylic acid groups (broad SMARTS) is 1. The molecule has 0 radical (unpaired) electrons. The van der Waals surface area contributed by atoms with Crippen molar-refractivity contribution in [3.05, 3.63) is 106 Å². The first-order valence-electron chi connectivity index (χ1n) is 13.5. The van der Waals surface area contributed by atoms with Gasteiger partial charge in [0.15, 0.2) is 0 Å². The highest BCUT2D eigenvalue weighted by molar-refractivity contribution is 6.32. The van der Waals surface area contributed by atoms with Crippen molar-refractivity contribution < 1.29 is 27.8 Å². The molecular formula is C31H34ClF3N2O3. The summed E-state index contributed by atoms with van der Waals surface area (Å²) in [5, 5.41) is 9.01. The van der Waals surface area contributed by atoms with E-state index in [1.54, 1.807) is 6.07 Å². The van der Waals surface area contributed by atoms with E-state index in [-0.39, 0.29) is 23.6 Å². The molecule has 0 aliphatic carbocycles. The Kier molecular flexibility index (Phi) is 10.5. The average molecular weight is 575 g/mol. The molecule has 3 aromatic rings. The maximum Gasteiger partial charge on any atom is 0.417 e. The minimum atomic E-state index is -4.54. The lowest BCUT2D eigenvalue weighted by molar-refractivity contribution is -0.137. The van der Waals surface area contributed by atoms with E-state index in [4.69, 9.17) is 16.3 Å². The molecular weight excluding hydrogens is 541 g/mol. The average Bonchev–Trinajstić information content (AvgIpc) is 2.95. The van der Waals surface area contributed by atoms with Crippen LogP contribution in [0.4, 0.5) is 18.0 Å². The number of hydrogen-bond donors (Lipinski definition) is 1. The van der Waals surface area contributed by atoms with Crippen LogP contribution in [0.1, 0.15) is 47.4 Å². The number of carbonyl (C=O) groups is 1. The van der Waals surface area contributed by atoms with Gasteiger partial charge in [-0.3, -0.25) is 4.90 Å². The van der Waals surface area contributed by atoms with Gasteiger partial charge in [0.25, 0.3) is 0 Å². The lowest BCUT2D eigenvalue weighted by Crippen LogP contribution is -2.42. The van der Waals surface area contributed by atoms with Gasteiger partial charge >= 0.3 is 12.3 Å². The number of nitrogens with zero attached hydrogens (tertiary/aromatic N) is 2. The molecule has 1 saturated heterocycles. The summed E-state index contributed by atoms with van der Waals surface area (Å²) in [7, 11) is 0. The Labute approximate surface area is 238 Å². The van der Waals surface area contributed by atoms with Crippen molar-refractivity contribution in [3.63, 3.8) is 0 Å². The first-order valence-corrected chi connectivity index (χ1v) is 13.9. The van der Waals surface area contributed by atoms with Gasteiger partial charge in [0, 0.05) is 38.7 Å². The molecule has 1 fully saturated rings. The zero-order chi connectivity index (χ0) is 28.5. The number of piperidine rings is 1. The maximum absolute atomic E-state index is 13.6. The summed E-state index contributed by atoms with van der Waals surface area (Å²) in [4.78, 5) is 14.8. The zero-order valence-corrected chi connectivity index (χ0v) is 23.0.